The van der Waals surface area contributed by atoms with Gasteiger partial charge in [-0.1, -0.05) is 20.8 Å². The number of rotatable bonds is 10. The van der Waals surface area contributed by atoms with Crippen LogP contribution in [0, 0.1) is 5.41 Å². The molecule has 0 aromatic rings. The highest BCUT2D eigenvalue weighted by atomic mass is 16.5. The van der Waals surface area contributed by atoms with Crippen molar-refractivity contribution in [2.45, 2.75) is 66.4 Å². The van der Waals surface area contributed by atoms with Gasteiger partial charge < -0.3 is 14.2 Å². The highest BCUT2D eigenvalue weighted by Gasteiger charge is 2.09. The molecule has 0 aromatic heterocycles. The summed E-state index contributed by atoms with van der Waals surface area (Å²) in [6, 6.07) is 0. The molecule has 0 atom stereocenters. The molecule has 19 heavy (non-hydrogen) atoms. The molecule has 0 saturated carbocycles. The zero-order chi connectivity index (χ0) is 14.8. The zero-order valence-corrected chi connectivity index (χ0v) is 13.9. The minimum atomic E-state index is -0.0408. The molecule has 0 aliphatic rings. The Labute approximate surface area is 120 Å². The Morgan fingerprint density at radius 1 is 0.632 bits per heavy atom. The van der Waals surface area contributed by atoms with E-state index < -0.39 is 0 Å². The Morgan fingerprint density at radius 3 is 1.58 bits per heavy atom. The summed E-state index contributed by atoms with van der Waals surface area (Å²) in [4.78, 5) is 0. The van der Waals surface area contributed by atoms with E-state index in [4.69, 9.17) is 14.2 Å². The maximum absolute atomic E-state index is 5.62. The van der Waals surface area contributed by atoms with Gasteiger partial charge in [-0.15, -0.1) is 0 Å². The van der Waals surface area contributed by atoms with Crippen LogP contribution in [0.4, 0.5) is 0 Å². The Balaban J connectivity index is 3.12. The lowest BCUT2D eigenvalue weighted by molar-refractivity contribution is -0.0150. The second-order valence-electron chi connectivity index (χ2n) is 7.20. The standard InChI is InChI=1S/C16H34O3/c1-15(2,3)9-14-18-11-7-10-17-12-8-13-19-16(4,5)6/h7-14H2,1-6H3. The largest absolute Gasteiger partial charge is 0.381 e. The van der Waals surface area contributed by atoms with Gasteiger partial charge in [0.05, 0.1) is 5.60 Å². The lowest BCUT2D eigenvalue weighted by atomic mass is 9.93. The van der Waals surface area contributed by atoms with Crippen LogP contribution in [0.1, 0.15) is 60.8 Å². The molecule has 116 valence electrons. The van der Waals surface area contributed by atoms with E-state index in [1.54, 1.807) is 0 Å². The molecule has 3 heteroatoms. The van der Waals surface area contributed by atoms with E-state index in [9.17, 15) is 0 Å². The van der Waals surface area contributed by atoms with E-state index in [2.05, 4.69) is 41.5 Å². The van der Waals surface area contributed by atoms with Gasteiger partial charge in [0.2, 0.25) is 0 Å². The first-order valence-corrected chi connectivity index (χ1v) is 7.50. The van der Waals surface area contributed by atoms with Gasteiger partial charge in [0.25, 0.3) is 0 Å². The van der Waals surface area contributed by atoms with Gasteiger partial charge in [-0.05, 0) is 45.4 Å². The predicted octanol–water partition coefficient (Wildman–Crippen LogP) is 4.05. The van der Waals surface area contributed by atoms with Gasteiger partial charge in [0.1, 0.15) is 0 Å². The number of hydrogen-bond acceptors (Lipinski definition) is 3. The third-order valence-corrected chi connectivity index (χ3v) is 2.54. The van der Waals surface area contributed by atoms with Gasteiger partial charge >= 0.3 is 0 Å². The van der Waals surface area contributed by atoms with E-state index >= 15 is 0 Å². The molecule has 0 aliphatic heterocycles. The molecule has 0 heterocycles. The molecule has 0 aromatic carbocycles. The van der Waals surface area contributed by atoms with E-state index in [-0.39, 0.29) is 5.60 Å². The molecule has 0 unspecified atom stereocenters. The first-order valence-electron chi connectivity index (χ1n) is 7.50. The summed E-state index contributed by atoms with van der Waals surface area (Å²) < 4.78 is 16.7. The van der Waals surface area contributed by atoms with Crippen LogP contribution in [0.15, 0.2) is 0 Å². The molecule has 0 rings (SSSR count). The SMILES string of the molecule is CC(C)(C)CCOCCCOCCCOC(C)(C)C. The van der Waals surface area contributed by atoms with Crippen molar-refractivity contribution in [2.75, 3.05) is 33.0 Å². The van der Waals surface area contributed by atoms with Gasteiger partial charge in [-0.3, -0.25) is 0 Å². The van der Waals surface area contributed by atoms with E-state index in [1.807, 2.05) is 0 Å². The topological polar surface area (TPSA) is 27.7 Å². The van der Waals surface area contributed by atoms with Crippen molar-refractivity contribution < 1.29 is 14.2 Å². The lowest BCUT2D eigenvalue weighted by Crippen LogP contribution is -2.20. The Bertz CT molecular complexity index is 179. The summed E-state index contributed by atoms with van der Waals surface area (Å²) in [6.07, 6.45) is 3.05. The van der Waals surface area contributed by atoms with Crippen LogP contribution >= 0.6 is 0 Å². The van der Waals surface area contributed by atoms with E-state index in [0.29, 0.717) is 5.41 Å². The molecule has 0 fully saturated rings. The van der Waals surface area contributed by atoms with Crippen molar-refractivity contribution in [1.82, 2.24) is 0 Å². The summed E-state index contributed by atoms with van der Waals surface area (Å²) in [5, 5.41) is 0. The van der Waals surface area contributed by atoms with Crippen LogP contribution in [0.2, 0.25) is 0 Å². The summed E-state index contributed by atoms with van der Waals surface area (Å²) in [6.45, 7) is 16.9. The summed E-state index contributed by atoms with van der Waals surface area (Å²) >= 11 is 0. The monoisotopic (exact) mass is 274 g/mol. The van der Waals surface area contributed by atoms with Crippen molar-refractivity contribution >= 4 is 0 Å². The summed E-state index contributed by atoms with van der Waals surface area (Å²) in [5.41, 5.74) is 0.324. The van der Waals surface area contributed by atoms with Crippen molar-refractivity contribution in [3.8, 4) is 0 Å². The van der Waals surface area contributed by atoms with Crippen LogP contribution in [0.3, 0.4) is 0 Å². The first-order chi connectivity index (χ1) is 8.71. The molecule has 0 saturated heterocycles. The molecule has 0 radical (unpaired) electrons. The third kappa shape index (κ3) is 17.9. The normalized spacial score (nSPS) is 12.9. The summed E-state index contributed by atoms with van der Waals surface area (Å²) in [7, 11) is 0. The molecule has 0 amide bonds. The molecular weight excluding hydrogens is 240 g/mol. The molecular formula is C16H34O3. The van der Waals surface area contributed by atoms with Crippen LogP contribution in [0.25, 0.3) is 0 Å². The van der Waals surface area contributed by atoms with Crippen molar-refractivity contribution in [2.24, 2.45) is 5.41 Å². The first kappa shape index (κ1) is 18.9. The fourth-order valence-corrected chi connectivity index (χ4v) is 1.38. The smallest absolute Gasteiger partial charge is 0.0598 e. The minimum Gasteiger partial charge on any atom is -0.381 e. The third-order valence-electron chi connectivity index (χ3n) is 2.54. The Hall–Kier alpha value is -0.120. The molecule has 0 spiro atoms. The average Bonchev–Trinajstić information content (AvgIpc) is 2.22. The predicted molar refractivity (Wildman–Crippen MR) is 80.6 cm³/mol. The van der Waals surface area contributed by atoms with Gasteiger partial charge in [0, 0.05) is 33.0 Å². The summed E-state index contributed by atoms with van der Waals surface area (Å²) in [5.74, 6) is 0. The highest BCUT2D eigenvalue weighted by Crippen LogP contribution is 2.17. The Kier molecular flexibility index (Phi) is 9.67. The van der Waals surface area contributed by atoms with Gasteiger partial charge in [0.15, 0.2) is 0 Å². The van der Waals surface area contributed by atoms with Crippen LogP contribution < -0.4 is 0 Å². The van der Waals surface area contributed by atoms with Crippen molar-refractivity contribution in [3.63, 3.8) is 0 Å². The van der Waals surface area contributed by atoms with Crippen molar-refractivity contribution in [1.29, 1.82) is 0 Å². The zero-order valence-electron chi connectivity index (χ0n) is 13.9. The number of ether oxygens (including phenoxy) is 3. The van der Waals surface area contributed by atoms with Gasteiger partial charge in [-0.25, -0.2) is 0 Å². The molecule has 0 aliphatic carbocycles. The van der Waals surface area contributed by atoms with Crippen LogP contribution in [-0.4, -0.2) is 38.6 Å². The number of hydrogen-bond donors (Lipinski definition) is 0. The van der Waals surface area contributed by atoms with Crippen LogP contribution in [-0.2, 0) is 14.2 Å². The average molecular weight is 274 g/mol. The quantitative estimate of drug-likeness (QED) is 0.562. The second-order valence-corrected chi connectivity index (χ2v) is 7.20. The van der Waals surface area contributed by atoms with Gasteiger partial charge in [-0.2, -0.15) is 0 Å². The molecule has 0 bridgehead atoms. The minimum absolute atomic E-state index is 0.0408. The second kappa shape index (κ2) is 9.73. The highest BCUT2D eigenvalue weighted by molar-refractivity contribution is 4.60. The maximum atomic E-state index is 5.62. The Morgan fingerprint density at radius 2 is 1.11 bits per heavy atom. The van der Waals surface area contributed by atoms with Crippen LogP contribution in [0.5, 0.6) is 0 Å². The maximum Gasteiger partial charge on any atom is 0.0598 e. The van der Waals surface area contributed by atoms with E-state index in [0.717, 1.165) is 52.3 Å². The fourth-order valence-electron chi connectivity index (χ4n) is 1.38. The lowest BCUT2D eigenvalue weighted by Gasteiger charge is -2.19. The molecule has 3 nitrogen and oxygen atoms in total. The molecule has 0 N–H and O–H groups in total. The van der Waals surface area contributed by atoms with Crippen molar-refractivity contribution in [3.05, 3.63) is 0 Å². The fraction of sp³-hybridized carbons (Fsp3) is 1.00. The van der Waals surface area contributed by atoms with E-state index in [1.165, 1.54) is 0 Å².